The van der Waals surface area contributed by atoms with Crippen LogP contribution in [0.25, 0.3) is 5.69 Å². The van der Waals surface area contributed by atoms with Gasteiger partial charge in [0, 0.05) is 32.4 Å². The molecule has 0 spiro atoms. The van der Waals surface area contributed by atoms with Gasteiger partial charge in [-0.25, -0.2) is 4.68 Å². The highest BCUT2D eigenvalue weighted by molar-refractivity contribution is 5.77. The first-order valence-electron chi connectivity index (χ1n) is 9.11. The van der Waals surface area contributed by atoms with Crippen LogP contribution in [0.4, 0.5) is 0 Å². The Bertz CT molecular complexity index is 901. The van der Waals surface area contributed by atoms with Gasteiger partial charge in [-0.05, 0) is 53.6 Å². The van der Waals surface area contributed by atoms with Crippen molar-refractivity contribution < 1.29 is 4.79 Å². The molecule has 0 aliphatic heterocycles. The monoisotopic (exact) mass is 345 g/mol. The van der Waals surface area contributed by atoms with E-state index in [9.17, 15) is 4.79 Å². The van der Waals surface area contributed by atoms with Gasteiger partial charge in [0.05, 0.1) is 5.69 Å². The first-order valence-corrected chi connectivity index (χ1v) is 9.11. The fourth-order valence-corrected chi connectivity index (χ4v) is 3.80. The Hall–Kier alpha value is -2.88. The van der Waals surface area contributed by atoms with E-state index in [1.54, 1.807) is 6.20 Å². The summed E-state index contributed by atoms with van der Waals surface area (Å²) in [5, 5.41) is 4.27. The summed E-state index contributed by atoms with van der Waals surface area (Å²) in [7, 11) is 1.89. The molecule has 4 nitrogen and oxygen atoms in total. The largest absolute Gasteiger partial charge is 0.341 e. The van der Waals surface area contributed by atoms with Gasteiger partial charge < -0.3 is 4.90 Å². The second-order valence-corrected chi connectivity index (χ2v) is 7.01. The Balaban J connectivity index is 1.41. The molecule has 1 aromatic heterocycles. The third-order valence-corrected chi connectivity index (χ3v) is 5.20. The van der Waals surface area contributed by atoms with E-state index in [1.807, 2.05) is 41.0 Å². The van der Waals surface area contributed by atoms with Gasteiger partial charge in [-0.2, -0.15) is 5.10 Å². The van der Waals surface area contributed by atoms with Crippen molar-refractivity contribution in [2.24, 2.45) is 0 Å². The Morgan fingerprint density at radius 2 is 2.08 bits per heavy atom. The van der Waals surface area contributed by atoms with Crippen molar-refractivity contribution in [1.29, 1.82) is 0 Å². The van der Waals surface area contributed by atoms with Crippen molar-refractivity contribution in [3.05, 3.63) is 83.7 Å². The minimum Gasteiger partial charge on any atom is -0.341 e. The van der Waals surface area contributed by atoms with E-state index in [0.29, 0.717) is 18.9 Å². The summed E-state index contributed by atoms with van der Waals surface area (Å²) in [6, 6.07) is 18.6. The maximum absolute atomic E-state index is 12.7. The number of rotatable bonds is 5. The van der Waals surface area contributed by atoms with E-state index in [-0.39, 0.29) is 5.91 Å². The number of amides is 1. The van der Waals surface area contributed by atoms with Gasteiger partial charge in [-0.15, -0.1) is 0 Å². The van der Waals surface area contributed by atoms with Crippen LogP contribution in [0.2, 0.25) is 0 Å². The van der Waals surface area contributed by atoms with Gasteiger partial charge in [0.2, 0.25) is 5.91 Å². The predicted molar refractivity (Wildman–Crippen MR) is 102 cm³/mol. The number of hydrogen-bond donors (Lipinski definition) is 0. The van der Waals surface area contributed by atoms with Crippen LogP contribution in [-0.2, 0) is 17.8 Å². The molecule has 2 aromatic carbocycles. The zero-order valence-electron chi connectivity index (χ0n) is 15.0. The maximum atomic E-state index is 12.7. The second-order valence-electron chi connectivity index (χ2n) is 7.01. The van der Waals surface area contributed by atoms with Gasteiger partial charge in [0.1, 0.15) is 0 Å². The molecule has 0 saturated carbocycles. The third-order valence-electron chi connectivity index (χ3n) is 5.20. The van der Waals surface area contributed by atoms with Crippen molar-refractivity contribution in [2.45, 2.75) is 31.7 Å². The standard InChI is InChI=1S/C22H23N3O/c1-24(16-17-6-4-8-20(14-17)25-13-5-12-23-25)22(26)15-19-11-10-18-7-2-3-9-21(18)19/h2-9,12-14,19H,10-11,15-16H2,1H3/t19-/m0/s1. The van der Waals surface area contributed by atoms with Crippen LogP contribution in [0.15, 0.2) is 67.0 Å². The molecule has 26 heavy (non-hydrogen) atoms. The van der Waals surface area contributed by atoms with E-state index in [0.717, 1.165) is 24.1 Å². The Morgan fingerprint density at radius 1 is 1.19 bits per heavy atom. The first-order chi connectivity index (χ1) is 12.7. The third kappa shape index (κ3) is 3.40. The van der Waals surface area contributed by atoms with Crippen molar-refractivity contribution in [2.75, 3.05) is 7.05 Å². The van der Waals surface area contributed by atoms with E-state index >= 15 is 0 Å². The lowest BCUT2D eigenvalue weighted by Crippen LogP contribution is -2.27. The van der Waals surface area contributed by atoms with Crippen LogP contribution in [0.5, 0.6) is 0 Å². The average molecular weight is 345 g/mol. The zero-order chi connectivity index (χ0) is 17.9. The molecule has 4 heteroatoms. The number of carbonyl (C=O) groups excluding carboxylic acids is 1. The quantitative estimate of drug-likeness (QED) is 0.702. The fraction of sp³-hybridized carbons (Fsp3) is 0.273. The molecule has 3 aromatic rings. The van der Waals surface area contributed by atoms with Crippen LogP contribution in [-0.4, -0.2) is 27.6 Å². The highest BCUT2D eigenvalue weighted by atomic mass is 16.2. The summed E-state index contributed by atoms with van der Waals surface area (Å²) >= 11 is 0. The minimum atomic E-state index is 0.205. The fourth-order valence-electron chi connectivity index (χ4n) is 3.80. The first kappa shape index (κ1) is 16.6. The van der Waals surface area contributed by atoms with E-state index in [4.69, 9.17) is 0 Å². The van der Waals surface area contributed by atoms with Gasteiger partial charge in [-0.3, -0.25) is 4.79 Å². The molecule has 1 aliphatic carbocycles. The SMILES string of the molecule is CN(Cc1cccc(-n2cccn2)c1)C(=O)C[C@@H]1CCc2ccccc21. The molecular formula is C22H23N3O. The molecule has 0 unspecified atom stereocenters. The highest BCUT2D eigenvalue weighted by Crippen LogP contribution is 2.35. The van der Waals surface area contributed by atoms with Crippen molar-refractivity contribution in [3.8, 4) is 5.69 Å². The summed E-state index contributed by atoms with van der Waals surface area (Å²) in [6.45, 7) is 0.613. The predicted octanol–water partition coefficient (Wildman–Crippen LogP) is 3.95. The number of benzene rings is 2. The highest BCUT2D eigenvalue weighted by Gasteiger charge is 2.25. The molecule has 0 bridgehead atoms. The number of nitrogens with zero attached hydrogens (tertiary/aromatic N) is 3. The van der Waals surface area contributed by atoms with E-state index in [1.165, 1.54) is 11.1 Å². The molecule has 0 fully saturated rings. The molecule has 1 atom stereocenters. The molecular weight excluding hydrogens is 322 g/mol. The van der Waals surface area contributed by atoms with E-state index < -0.39 is 0 Å². The van der Waals surface area contributed by atoms with Gasteiger partial charge in [0.15, 0.2) is 0 Å². The van der Waals surface area contributed by atoms with Crippen LogP contribution >= 0.6 is 0 Å². The number of aromatic nitrogens is 2. The summed E-state index contributed by atoms with van der Waals surface area (Å²) in [4.78, 5) is 14.6. The van der Waals surface area contributed by atoms with Crippen molar-refractivity contribution >= 4 is 5.91 Å². The average Bonchev–Trinajstić information content (AvgIpc) is 3.32. The summed E-state index contributed by atoms with van der Waals surface area (Å²) in [5.41, 5.74) is 4.88. The van der Waals surface area contributed by atoms with Crippen molar-refractivity contribution in [1.82, 2.24) is 14.7 Å². The van der Waals surface area contributed by atoms with Gasteiger partial charge in [0.25, 0.3) is 0 Å². The lowest BCUT2D eigenvalue weighted by atomic mass is 9.97. The molecule has 1 aliphatic rings. The van der Waals surface area contributed by atoms with Crippen LogP contribution in [0.3, 0.4) is 0 Å². The van der Waals surface area contributed by atoms with Crippen LogP contribution in [0, 0.1) is 0 Å². The number of aryl methyl sites for hydroxylation is 1. The lowest BCUT2D eigenvalue weighted by molar-refractivity contribution is -0.130. The van der Waals surface area contributed by atoms with Gasteiger partial charge in [-0.1, -0.05) is 36.4 Å². The molecule has 1 heterocycles. The Labute approximate surface area is 154 Å². The summed E-state index contributed by atoms with van der Waals surface area (Å²) < 4.78 is 1.83. The molecule has 0 radical (unpaired) electrons. The molecule has 0 saturated heterocycles. The zero-order valence-corrected chi connectivity index (χ0v) is 15.0. The number of carbonyl (C=O) groups is 1. The minimum absolute atomic E-state index is 0.205. The maximum Gasteiger partial charge on any atom is 0.223 e. The van der Waals surface area contributed by atoms with Crippen molar-refractivity contribution in [3.63, 3.8) is 0 Å². The molecule has 4 rings (SSSR count). The normalized spacial score (nSPS) is 15.7. The molecule has 1 amide bonds. The summed E-state index contributed by atoms with van der Waals surface area (Å²) in [5.74, 6) is 0.563. The van der Waals surface area contributed by atoms with Gasteiger partial charge >= 0.3 is 0 Å². The number of hydrogen-bond acceptors (Lipinski definition) is 2. The molecule has 132 valence electrons. The second kappa shape index (κ2) is 7.16. The number of fused-ring (bicyclic) bond motifs is 1. The lowest BCUT2D eigenvalue weighted by Gasteiger charge is -2.20. The Morgan fingerprint density at radius 3 is 2.92 bits per heavy atom. The van der Waals surface area contributed by atoms with Crippen LogP contribution in [0.1, 0.15) is 35.4 Å². The Kier molecular flexibility index (Phi) is 4.57. The smallest absolute Gasteiger partial charge is 0.223 e. The van der Waals surface area contributed by atoms with Crippen LogP contribution < -0.4 is 0 Å². The topological polar surface area (TPSA) is 38.1 Å². The van der Waals surface area contributed by atoms with E-state index in [2.05, 4.69) is 41.5 Å². The summed E-state index contributed by atoms with van der Waals surface area (Å²) in [6.07, 6.45) is 6.44. The molecule has 0 N–H and O–H groups in total.